The van der Waals surface area contributed by atoms with Gasteiger partial charge in [-0.05, 0) is 32.9 Å². The van der Waals surface area contributed by atoms with Crippen LogP contribution in [0.3, 0.4) is 0 Å². The summed E-state index contributed by atoms with van der Waals surface area (Å²) in [5.41, 5.74) is 1.59. The maximum absolute atomic E-state index is 4.06. The van der Waals surface area contributed by atoms with Crippen LogP contribution in [0.4, 0.5) is 5.69 Å². The molecule has 1 saturated heterocycles. The number of piperazine rings is 1. The summed E-state index contributed by atoms with van der Waals surface area (Å²) in [6, 6.07) is 4.18. The summed E-state index contributed by atoms with van der Waals surface area (Å²) in [5.74, 6) is 0. The molecule has 0 amide bonds. The summed E-state index contributed by atoms with van der Waals surface area (Å²) in [6.45, 7) is 11.4. The smallest absolute Gasteiger partial charge is 0.0397 e. The van der Waals surface area contributed by atoms with Gasteiger partial charge in [-0.2, -0.15) is 0 Å². The Morgan fingerprint density at radius 3 is 2.06 bits per heavy atom. The van der Waals surface area contributed by atoms with E-state index in [1.807, 2.05) is 12.4 Å². The highest BCUT2D eigenvalue weighted by Crippen LogP contribution is 2.19. The molecule has 0 atom stereocenters. The Morgan fingerprint density at radius 2 is 1.56 bits per heavy atom. The Balaban J connectivity index is 1.96. The average Bonchev–Trinajstić information content (AvgIpc) is 2.29. The molecule has 3 heteroatoms. The summed E-state index contributed by atoms with van der Waals surface area (Å²) >= 11 is 0. The molecule has 3 nitrogen and oxygen atoms in total. The van der Waals surface area contributed by atoms with Crippen molar-refractivity contribution in [1.82, 2.24) is 9.88 Å². The van der Waals surface area contributed by atoms with Gasteiger partial charge in [0.25, 0.3) is 0 Å². The van der Waals surface area contributed by atoms with Crippen molar-refractivity contribution in [3.8, 4) is 0 Å². The second kappa shape index (κ2) is 4.42. The van der Waals surface area contributed by atoms with E-state index in [1.165, 1.54) is 5.69 Å². The minimum absolute atomic E-state index is 0.296. The van der Waals surface area contributed by atoms with Crippen LogP contribution in [-0.2, 0) is 0 Å². The van der Waals surface area contributed by atoms with E-state index in [9.17, 15) is 0 Å². The Morgan fingerprint density at radius 1 is 1.00 bits per heavy atom. The van der Waals surface area contributed by atoms with Crippen LogP contribution in [0.25, 0.3) is 0 Å². The van der Waals surface area contributed by atoms with Crippen molar-refractivity contribution in [2.45, 2.75) is 26.3 Å². The molecule has 16 heavy (non-hydrogen) atoms. The quantitative estimate of drug-likeness (QED) is 0.720. The van der Waals surface area contributed by atoms with Crippen LogP contribution in [0, 0.1) is 0 Å². The highest BCUT2D eigenvalue weighted by Gasteiger charge is 2.25. The SMILES string of the molecule is CC(C)(C)N1CCN(c2ccncc2)CC1. The molecule has 88 valence electrons. The van der Waals surface area contributed by atoms with Gasteiger partial charge in [-0.15, -0.1) is 0 Å². The van der Waals surface area contributed by atoms with E-state index in [4.69, 9.17) is 0 Å². The van der Waals surface area contributed by atoms with Crippen LogP contribution in [0.5, 0.6) is 0 Å². The van der Waals surface area contributed by atoms with Gasteiger partial charge in [-0.25, -0.2) is 0 Å². The Hall–Kier alpha value is -1.09. The standard InChI is InChI=1S/C13H21N3/c1-13(2,3)16-10-8-15(9-11-16)12-4-6-14-7-5-12/h4-7H,8-11H2,1-3H3. The van der Waals surface area contributed by atoms with E-state index in [0.717, 1.165) is 26.2 Å². The van der Waals surface area contributed by atoms with Crippen molar-refractivity contribution >= 4 is 5.69 Å². The minimum atomic E-state index is 0.296. The second-order valence-electron chi connectivity index (χ2n) is 5.35. The third kappa shape index (κ3) is 2.53. The van der Waals surface area contributed by atoms with E-state index < -0.39 is 0 Å². The Bertz CT molecular complexity index is 321. The Kier molecular flexibility index (Phi) is 3.15. The van der Waals surface area contributed by atoms with E-state index in [2.05, 4.69) is 47.7 Å². The summed E-state index contributed by atoms with van der Waals surface area (Å²) in [6.07, 6.45) is 3.73. The normalized spacial score (nSPS) is 18.8. The maximum Gasteiger partial charge on any atom is 0.0397 e. The molecule has 1 aromatic rings. The highest BCUT2D eigenvalue weighted by molar-refractivity contribution is 5.44. The predicted molar refractivity (Wildman–Crippen MR) is 67.8 cm³/mol. The first-order valence-electron chi connectivity index (χ1n) is 5.97. The zero-order valence-corrected chi connectivity index (χ0v) is 10.5. The van der Waals surface area contributed by atoms with Crippen molar-refractivity contribution < 1.29 is 0 Å². The van der Waals surface area contributed by atoms with E-state index >= 15 is 0 Å². The molecule has 0 spiro atoms. The fraction of sp³-hybridized carbons (Fsp3) is 0.615. The third-order valence-corrected chi connectivity index (χ3v) is 3.26. The van der Waals surface area contributed by atoms with Gasteiger partial charge in [-0.1, -0.05) is 0 Å². The second-order valence-corrected chi connectivity index (χ2v) is 5.35. The molecule has 1 aliphatic heterocycles. The number of nitrogens with zero attached hydrogens (tertiary/aromatic N) is 3. The van der Waals surface area contributed by atoms with Crippen LogP contribution in [-0.4, -0.2) is 41.6 Å². The first-order chi connectivity index (χ1) is 7.57. The summed E-state index contributed by atoms with van der Waals surface area (Å²) in [7, 11) is 0. The van der Waals surface area contributed by atoms with Gasteiger partial charge < -0.3 is 4.90 Å². The number of aromatic nitrogens is 1. The first-order valence-corrected chi connectivity index (χ1v) is 5.97. The van der Waals surface area contributed by atoms with Crippen molar-refractivity contribution in [2.75, 3.05) is 31.1 Å². The van der Waals surface area contributed by atoms with Gasteiger partial charge in [0.1, 0.15) is 0 Å². The summed E-state index contributed by atoms with van der Waals surface area (Å²) in [5, 5.41) is 0. The van der Waals surface area contributed by atoms with Gasteiger partial charge in [-0.3, -0.25) is 9.88 Å². The van der Waals surface area contributed by atoms with Crippen molar-refractivity contribution in [3.63, 3.8) is 0 Å². The molecule has 1 aromatic heterocycles. The fourth-order valence-corrected chi connectivity index (χ4v) is 2.19. The van der Waals surface area contributed by atoms with Gasteiger partial charge in [0.2, 0.25) is 0 Å². The molecule has 0 saturated carbocycles. The number of rotatable bonds is 1. The molecule has 0 aliphatic carbocycles. The maximum atomic E-state index is 4.06. The lowest BCUT2D eigenvalue weighted by molar-refractivity contribution is 0.128. The number of anilines is 1. The fourth-order valence-electron chi connectivity index (χ4n) is 2.19. The van der Waals surface area contributed by atoms with Crippen LogP contribution >= 0.6 is 0 Å². The van der Waals surface area contributed by atoms with Crippen LogP contribution in [0.1, 0.15) is 20.8 Å². The molecule has 2 rings (SSSR count). The lowest BCUT2D eigenvalue weighted by atomic mass is 10.0. The number of pyridine rings is 1. The van der Waals surface area contributed by atoms with Crippen LogP contribution in [0.2, 0.25) is 0 Å². The zero-order chi connectivity index (χ0) is 11.6. The predicted octanol–water partition coefficient (Wildman–Crippen LogP) is 2.00. The zero-order valence-electron chi connectivity index (χ0n) is 10.5. The number of hydrogen-bond acceptors (Lipinski definition) is 3. The number of hydrogen-bond donors (Lipinski definition) is 0. The molecule has 0 unspecified atom stereocenters. The molecule has 0 radical (unpaired) electrons. The molecule has 0 N–H and O–H groups in total. The molecule has 1 aliphatic rings. The molecule has 0 aromatic carbocycles. The van der Waals surface area contributed by atoms with E-state index in [-0.39, 0.29) is 0 Å². The van der Waals surface area contributed by atoms with E-state index in [0.29, 0.717) is 5.54 Å². The van der Waals surface area contributed by atoms with Crippen LogP contribution < -0.4 is 4.90 Å². The van der Waals surface area contributed by atoms with Gasteiger partial charge in [0.15, 0.2) is 0 Å². The van der Waals surface area contributed by atoms with Gasteiger partial charge >= 0.3 is 0 Å². The lowest BCUT2D eigenvalue weighted by Gasteiger charge is -2.43. The highest BCUT2D eigenvalue weighted by atomic mass is 15.3. The Labute approximate surface area is 98.1 Å². The topological polar surface area (TPSA) is 19.4 Å². The molecule has 0 bridgehead atoms. The van der Waals surface area contributed by atoms with Crippen molar-refractivity contribution in [1.29, 1.82) is 0 Å². The third-order valence-electron chi connectivity index (χ3n) is 3.26. The largest absolute Gasteiger partial charge is 0.369 e. The van der Waals surface area contributed by atoms with E-state index in [1.54, 1.807) is 0 Å². The van der Waals surface area contributed by atoms with Gasteiger partial charge in [0, 0.05) is 49.8 Å². The molecular weight excluding hydrogens is 198 g/mol. The first kappa shape index (κ1) is 11.4. The molecular formula is C13H21N3. The average molecular weight is 219 g/mol. The van der Waals surface area contributed by atoms with Crippen molar-refractivity contribution in [2.24, 2.45) is 0 Å². The minimum Gasteiger partial charge on any atom is -0.369 e. The summed E-state index contributed by atoms with van der Waals surface area (Å²) < 4.78 is 0. The van der Waals surface area contributed by atoms with Crippen LogP contribution in [0.15, 0.2) is 24.5 Å². The lowest BCUT2D eigenvalue weighted by Crippen LogP contribution is -2.53. The van der Waals surface area contributed by atoms with Gasteiger partial charge in [0.05, 0.1) is 0 Å². The molecule has 1 fully saturated rings. The molecule has 2 heterocycles. The summed E-state index contributed by atoms with van der Waals surface area (Å²) in [4.78, 5) is 9.04. The van der Waals surface area contributed by atoms with Crippen molar-refractivity contribution in [3.05, 3.63) is 24.5 Å². The monoisotopic (exact) mass is 219 g/mol.